The van der Waals surface area contributed by atoms with Crippen LogP contribution >= 0.6 is 0 Å². The molecule has 0 radical (unpaired) electrons. The minimum atomic E-state index is -3.38. The van der Waals surface area contributed by atoms with Gasteiger partial charge in [-0.1, -0.05) is 26.8 Å². The van der Waals surface area contributed by atoms with Crippen molar-refractivity contribution in [1.29, 1.82) is 0 Å². The van der Waals surface area contributed by atoms with Crippen LogP contribution in [-0.2, 0) is 16.6 Å². The fourth-order valence-corrected chi connectivity index (χ4v) is 3.09. The maximum Gasteiger partial charge on any atom is 0.232 e. The number of ether oxygens (including phenoxy) is 1. The molecular formula is C14H24N2O3S. The van der Waals surface area contributed by atoms with E-state index in [-0.39, 0.29) is 11.2 Å². The second-order valence-corrected chi connectivity index (χ2v) is 7.81. The molecule has 0 spiro atoms. The summed E-state index contributed by atoms with van der Waals surface area (Å²) in [7, 11) is -1.88. The number of nitrogens with one attached hydrogen (secondary N) is 1. The summed E-state index contributed by atoms with van der Waals surface area (Å²) in [4.78, 5) is 0. The Bertz CT molecular complexity index is 548. The van der Waals surface area contributed by atoms with E-state index < -0.39 is 10.0 Å². The van der Waals surface area contributed by atoms with Crippen molar-refractivity contribution in [1.82, 2.24) is 0 Å². The molecule has 6 heteroatoms. The van der Waals surface area contributed by atoms with E-state index in [1.54, 1.807) is 18.2 Å². The van der Waals surface area contributed by atoms with Crippen LogP contribution in [0.5, 0.6) is 5.75 Å². The molecule has 0 aliphatic heterocycles. The van der Waals surface area contributed by atoms with Crippen LogP contribution in [0.15, 0.2) is 18.2 Å². The van der Waals surface area contributed by atoms with E-state index in [0.29, 0.717) is 24.4 Å². The monoisotopic (exact) mass is 300 g/mol. The van der Waals surface area contributed by atoms with Crippen LogP contribution in [0, 0.1) is 5.41 Å². The van der Waals surface area contributed by atoms with Crippen molar-refractivity contribution in [3.63, 3.8) is 0 Å². The quantitative estimate of drug-likeness (QED) is 0.845. The Morgan fingerprint density at radius 3 is 2.45 bits per heavy atom. The number of nitrogens with two attached hydrogens (primary N) is 1. The lowest BCUT2D eigenvalue weighted by Crippen LogP contribution is -2.21. The molecule has 0 saturated carbocycles. The van der Waals surface area contributed by atoms with Crippen molar-refractivity contribution >= 4 is 15.7 Å². The zero-order valence-corrected chi connectivity index (χ0v) is 13.4. The maximum atomic E-state index is 12.1. The minimum Gasteiger partial charge on any atom is -0.495 e. The summed E-state index contributed by atoms with van der Waals surface area (Å²) in [6, 6.07) is 5.20. The second-order valence-electron chi connectivity index (χ2n) is 5.97. The maximum absolute atomic E-state index is 12.1. The van der Waals surface area contributed by atoms with Crippen molar-refractivity contribution in [3.8, 4) is 5.75 Å². The molecule has 0 fully saturated rings. The average molecular weight is 300 g/mol. The van der Waals surface area contributed by atoms with E-state index in [2.05, 4.69) is 4.72 Å². The van der Waals surface area contributed by atoms with Gasteiger partial charge in [-0.15, -0.1) is 0 Å². The van der Waals surface area contributed by atoms with Crippen LogP contribution in [0.1, 0.15) is 32.8 Å². The normalized spacial score (nSPS) is 12.2. The Labute approximate surface area is 121 Å². The molecule has 5 nitrogen and oxygen atoms in total. The third kappa shape index (κ3) is 5.38. The predicted molar refractivity (Wildman–Crippen MR) is 82.4 cm³/mol. The molecule has 1 aromatic rings. The van der Waals surface area contributed by atoms with Gasteiger partial charge in [0, 0.05) is 6.54 Å². The van der Waals surface area contributed by atoms with Gasteiger partial charge in [-0.3, -0.25) is 4.72 Å². The predicted octanol–water partition coefficient (Wildman–Crippen LogP) is 2.33. The summed E-state index contributed by atoms with van der Waals surface area (Å²) in [5.41, 5.74) is 6.86. The third-order valence-corrected chi connectivity index (χ3v) is 4.16. The van der Waals surface area contributed by atoms with Gasteiger partial charge in [-0.2, -0.15) is 0 Å². The van der Waals surface area contributed by atoms with Gasteiger partial charge in [0.2, 0.25) is 10.0 Å². The van der Waals surface area contributed by atoms with Gasteiger partial charge in [-0.05, 0) is 29.5 Å². The minimum absolute atomic E-state index is 0.0256. The van der Waals surface area contributed by atoms with Gasteiger partial charge in [0.05, 0.1) is 18.6 Å². The summed E-state index contributed by atoms with van der Waals surface area (Å²) >= 11 is 0. The smallest absolute Gasteiger partial charge is 0.232 e. The number of rotatable bonds is 6. The highest BCUT2D eigenvalue weighted by Crippen LogP contribution is 2.27. The summed E-state index contributed by atoms with van der Waals surface area (Å²) in [5, 5.41) is 0. The van der Waals surface area contributed by atoms with Crippen LogP contribution in [-0.4, -0.2) is 21.3 Å². The molecule has 0 bridgehead atoms. The van der Waals surface area contributed by atoms with Crippen LogP contribution in [0.25, 0.3) is 0 Å². The lowest BCUT2D eigenvalue weighted by molar-refractivity contribution is 0.397. The SMILES string of the molecule is COc1cc(CN)ccc1NS(=O)(=O)CCC(C)(C)C. The Balaban J connectivity index is 2.87. The number of anilines is 1. The molecule has 3 N–H and O–H groups in total. The first-order valence-electron chi connectivity index (χ1n) is 6.54. The van der Waals surface area contributed by atoms with Crippen LogP contribution < -0.4 is 15.2 Å². The molecule has 0 unspecified atom stereocenters. The van der Waals surface area contributed by atoms with Gasteiger partial charge < -0.3 is 10.5 Å². The largest absolute Gasteiger partial charge is 0.495 e. The number of sulfonamides is 1. The Morgan fingerprint density at radius 1 is 1.30 bits per heavy atom. The highest BCUT2D eigenvalue weighted by atomic mass is 32.2. The van der Waals surface area contributed by atoms with Gasteiger partial charge in [-0.25, -0.2) is 8.42 Å². The fourth-order valence-electron chi connectivity index (χ4n) is 1.61. The summed E-state index contributed by atoms with van der Waals surface area (Å²) in [6.45, 7) is 6.42. The van der Waals surface area contributed by atoms with E-state index in [1.165, 1.54) is 7.11 Å². The molecule has 0 aromatic heterocycles. The Hall–Kier alpha value is -1.27. The molecule has 20 heavy (non-hydrogen) atoms. The third-order valence-electron chi connectivity index (χ3n) is 2.89. The highest BCUT2D eigenvalue weighted by molar-refractivity contribution is 7.92. The Kier molecular flexibility index (Phi) is 5.42. The zero-order chi connectivity index (χ0) is 15.4. The van der Waals surface area contributed by atoms with Crippen molar-refractivity contribution in [2.45, 2.75) is 33.7 Å². The van der Waals surface area contributed by atoms with Crippen LogP contribution in [0.3, 0.4) is 0 Å². The van der Waals surface area contributed by atoms with Crippen molar-refractivity contribution in [3.05, 3.63) is 23.8 Å². The van der Waals surface area contributed by atoms with E-state index in [1.807, 2.05) is 20.8 Å². The molecule has 114 valence electrons. The van der Waals surface area contributed by atoms with Gasteiger partial charge in [0.25, 0.3) is 0 Å². The summed E-state index contributed by atoms with van der Waals surface area (Å²) < 4.78 is 31.9. The standard InChI is InChI=1S/C14H24N2O3S/c1-14(2,3)7-8-20(17,18)16-12-6-5-11(10-15)9-13(12)19-4/h5-6,9,16H,7-8,10,15H2,1-4H3. The zero-order valence-electron chi connectivity index (χ0n) is 12.6. The van der Waals surface area contributed by atoms with Crippen LogP contribution in [0.4, 0.5) is 5.69 Å². The fraction of sp³-hybridized carbons (Fsp3) is 0.571. The molecule has 0 aliphatic rings. The first-order valence-corrected chi connectivity index (χ1v) is 8.19. The second kappa shape index (κ2) is 6.45. The number of hydrogen-bond acceptors (Lipinski definition) is 4. The van der Waals surface area contributed by atoms with Gasteiger partial charge in [0.1, 0.15) is 5.75 Å². The first kappa shape index (κ1) is 16.8. The van der Waals surface area contributed by atoms with E-state index >= 15 is 0 Å². The summed E-state index contributed by atoms with van der Waals surface area (Å²) in [5.74, 6) is 0.561. The molecule has 1 aromatic carbocycles. The molecule has 0 heterocycles. The van der Waals surface area contributed by atoms with Crippen molar-refractivity contribution in [2.75, 3.05) is 17.6 Å². The van der Waals surface area contributed by atoms with Crippen molar-refractivity contribution < 1.29 is 13.2 Å². The van der Waals surface area contributed by atoms with Crippen LogP contribution in [0.2, 0.25) is 0 Å². The van der Waals surface area contributed by atoms with E-state index in [9.17, 15) is 8.42 Å². The van der Waals surface area contributed by atoms with Crippen molar-refractivity contribution in [2.24, 2.45) is 11.1 Å². The summed E-state index contributed by atoms with van der Waals surface area (Å²) in [6.07, 6.45) is 0.589. The molecule has 0 amide bonds. The first-order chi connectivity index (χ1) is 9.17. The molecule has 0 saturated heterocycles. The molecule has 0 aliphatic carbocycles. The van der Waals surface area contributed by atoms with E-state index in [4.69, 9.17) is 10.5 Å². The lowest BCUT2D eigenvalue weighted by Gasteiger charge is -2.19. The Morgan fingerprint density at radius 2 is 1.95 bits per heavy atom. The number of hydrogen-bond donors (Lipinski definition) is 2. The van der Waals surface area contributed by atoms with E-state index in [0.717, 1.165) is 5.56 Å². The molecule has 1 rings (SSSR count). The van der Waals surface area contributed by atoms with Gasteiger partial charge in [0.15, 0.2) is 0 Å². The number of methoxy groups -OCH3 is 1. The highest BCUT2D eigenvalue weighted by Gasteiger charge is 2.18. The lowest BCUT2D eigenvalue weighted by atomic mass is 9.94. The number of benzene rings is 1. The average Bonchev–Trinajstić information content (AvgIpc) is 2.36. The molecule has 0 atom stereocenters. The molecular weight excluding hydrogens is 276 g/mol. The topological polar surface area (TPSA) is 81.4 Å². The van der Waals surface area contributed by atoms with Gasteiger partial charge >= 0.3 is 0 Å².